The van der Waals surface area contributed by atoms with Gasteiger partial charge in [-0.05, 0) is 54.2 Å². The van der Waals surface area contributed by atoms with E-state index in [0.717, 1.165) is 99.3 Å². The molecule has 2 saturated heterocycles. The molecule has 50 heavy (non-hydrogen) atoms. The third kappa shape index (κ3) is 6.66. The number of aromatic nitrogens is 5. The van der Waals surface area contributed by atoms with Crippen molar-refractivity contribution < 1.29 is 9.53 Å². The molecule has 2 N–H and O–H groups in total. The van der Waals surface area contributed by atoms with Crippen molar-refractivity contribution in [3.8, 4) is 22.4 Å². The van der Waals surface area contributed by atoms with Crippen molar-refractivity contribution in [1.29, 1.82) is 0 Å². The van der Waals surface area contributed by atoms with Crippen molar-refractivity contribution in [2.24, 2.45) is 0 Å². The maximum atomic E-state index is 12.3. The number of nitrogens with zero attached hydrogens (tertiary/aromatic N) is 9. The highest BCUT2D eigenvalue weighted by Crippen LogP contribution is 2.34. The van der Waals surface area contributed by atoms with Crippen LogP contribution in [0.2, 0.25) is 0 Å². The average Bonchev–Trinajstić information content (AvgIpc) is 3.55. The summed E-state index contributed by atoms with van der Waals surface area (Å²) in [6.45, 7) is 12.4. The van der Waals surface area contributed by atoms with E-state index >= 15 is 0 Å². The number of anilines is 3. The van der Waals surface area contributed by atoms with Crippen LogP contribution in [-0.4, -0.2) is 98.6 Å². The number of rotatable bonds is 7. The number of aryl methyl sites for hydroxylation is 1. The predicted molar refractivity (Wildman–Crippen MR) is 195 cm³/mol. The summed E-state index contributed by atoms with van der Waals surface area (Å²) in [5.41, 5.74) is 15.3. The number of ether oxygens (including phenoxy) is 1. The molecule has 1 amide bonds. The number of benzene rings is 2. The minimum Gasteiger partial charge on any atom is -0.378 e. The number of carbonyl (C=O) groups excluding carboxylic acids is 1. The third-order valence-electron chi connectivity index (χ3n) is 10.2. The summed E-state index contributed by atoms with van der Waals surface area (Å²) in [6, 6.07) is 15.8. The van der Waals surface area contributed by atoms with Crippen LogP contribution in [0, 0.1) is 0 Å². The molecule has 0 saturated carbocycles. The van der Waals surface area contributed by atoms with E-state index in [0.29, 0.717) is 13.2 Å². The maximum absolute atomic E-state index is 12.3. The molecule has 12 nitrogen and oxygen atoms in total. The fourth-order valence-corrected chi connectivity index (χ4v) is 7.51. The van der Waals surface area contributed by atoms with Crippen molar-refractivity contribution in [1.82, 2.24) is 34.1 Å². The topological polar surface area (TPSA) is 121 Å². The first-order chi connectivity index (χ1) is 24.4. The quantitative estimate of drug-likeness (QED) is 0.268. The Morgan fingerprint density at radius 2 is 1.56 bits per heavy atom. The van der Waals surface area contributed by atoms with Crippen LogP contribution in [0.3, 0.4) is 0 Å². The third-order valence-corrected chi connectivity index (χ3v) is 10.2. The molecule has 6 heterocycles. The van der Waals surface area contributed by atoms with Crippen molar-refractivity contribution in [2.45, 2.75) is 45.8 Å². The zero-order chi connectivity index (χ0) is 34.2. The van der Waals surface area contributed by atoms with Gasteiger partial charge < -0.3 is 24.7 Å². The van der Waals surface area contributed by atoms with E-state index < -0.39 is 0 Å². The van der Waals surface area contributed by atoms with Gasteiger partial charge in [-0.2, -0.15) is 0 Å². The number of morpholine rings is 1. The summed E-state index contributed by atoms with van der Waals surface area (Å²) in [4.78, 5) is 40.0. The van der Waals surface area contributed by atoms with Crippen LogP contribution in [0.4, 0.5) is 17.5 Å². The molecule has 8 rings (SSSR count). The number of imidazole rings is 1. The van der Waals surface area contributed by atoms with Gasteiger partial charge in [-0.3, -0.25) is 14.6 Å². The van der Waals surface area contributed by atoms with E-state index in [1.807, 2.05) is 11.1 Å². The van der Waals surface area contributed by atoms with Crippen molar-refractivity contribution >= 4 is 29.0 Å². The number of nitrogens with two attached hydrogens (primary N) is 1. The van der Waals surface area contributed by atoms with Crippen LogP contribution in [-0.2, 0) is 29.0 Å². The van der Waals surface area contributed by atoms with Gasteiger partial charge in [-0.1, -0.05) is 30.3 Å². The molecular weight excluding hydrogens is 628 g/mol. The molecule has 0 spiro atoms. The number of nitrogen functional groups attached to an aromatic ring is 1. The Labute approximate surface area is 292 Å². The largest absolute Gasteiger partial charge is 0.378 e. The molecule has 3 aliphatic rings. The fourth-order valence-electron chi connectivity index (χ4n) is 7.51. The van der Waals surface area contributed by atoms with Crippen LogP contribution in [0.1, 0.15) is 37.1 Å². The van der Waals surface area contributed by atoms with Crippen LogP contribution in [0.25, 0.3) is 28.0 Å². The standard InChI is InChI=1S/C38H44N10O2/c1-26-3-6-31-19-30(9-10-35(31)48(26)27(2)49)29-7-4-28(5-8-29)22-44-11-13-45(14-12-44)23-33-24-47-25-34(32-20-40-38(39)41-21-32)43-37(36(47)42-33)46-15-17-50-18-16-46/h4-5,7-10,19-21,24-26H,3,6,11-18,22-23H2,1-2H3,(H2,39,40,41)/t26-/m0/s1. The van der Waals surface area contributed by atoms with E-state index in [4.69, 9.17) is 20.4 Å². The number of carbonyl (C=O) groups is 1. The highest BCUT2D eigenvalue weighted by atomic mass is 16.5. The van der Waals surface area contributed by atoms with E-state index in [9.17, 15) is 4.79 Å². The molecule has 2 aromatic carbocycles. The van der Waals surface area contributed by atoms with E-state index in [2.05, 4.69) is 84.7 Å². The van der Waals surface area contributed by atoms with Crippen molar-refractivity contribution in [3.05, 3.63) is 84.1 Å². The normalized spacial score (nSPS) is 18.8. The molecule has 0 unspecified atom stereocenters. The minimum absolute atomic E-state index is 0.114. The molecule has 1 atom stereocenters. The smallest absolute Gasteiger partial charge is 0.224 e. The summed E-state index contributed by atoms with van der Waals surface area (Å²) in [5.74, 6) is 1.21. The lowest BCUT2D eigenvalue weighted by Gasteiger charge is -2.35. The van der Waals surface area contributed by atoms with E-state index in [1.54, 1.807) is 19.3 Å². The van der Waals surface area contributed by atoms with Gasteiger partial charge in [0.2, 0.25) is 11.9 Å². The molecule has 12 heteroatoms. The zero-order valence-corrected chi connectivity index (χ0v) is 28.8. The number of piperazine rings is 1. The first kappa shape index (κ1) is 32.3. The summed E-state index contributed by atoms with van der Waals surface area (Å²) < 4.78 is 7.70. The Bertz CT molecular complexity index is 1980. The summed E-state index contributed by atoms with van der Waals surface area (Å²) >= 11 is 0. The van der Waals surface area contributed by atoms with Gasteiger partial charge in [0.05, 0.1) is 24.6 Å². The lowest BCUT2D eigenvalue weighted by molar-refractivity contribution is -0.117. The molecule has 2 fully saturated rings. The van der Waals surface area contributed by atoms with Gasteiger partial charge in [-0.15, -0.1) is 0 Å². The average molecular weight is 673 g/mol. The molecule has 258 valence electrons. The maximum Gasteiger partial charge on any atom is 0.224 e. The molecule has 3 aromatic heterocycles. The lowest BCUT2D eigenvalue weighted by atomic mass is 9.93. The van der Waals surface area contributed by atoms with Gasteiger partial charge >= 0.3 is 0 Å². The SMILES string of the molecule is CC(=O)N1c2ccc(-c3ccc(CN4CCN(Cc5cn6cc(-c7cnc(N)nc7)nc(N7CCOCC7)c6n5)CC4)cc3)cc2CC[C@@H]1C. The number of fused-ring (bicyclic) bond motifs is 2. The Morgan fingerprint density at radius 1 is 0.860 bits per heavy atom. The monoisotopic (exact) mass is 672 g/mol. The predicted octanol–water partition coefficient (Wildman–Crippen LogP) is 4.28. The van der Waals surface area contributed by atoms with Gasteiger partial charge in [-0.25, -0.2) is 19.9 Å². The van der Waals surface area contributed by atoms with Gasteiger partial charge in [0.15, 0.2) is 11.5 Å². The van der Waals surface area contributed by atoms with Gasteiger partial charge in [0.25, 0.3) is 0 Å². The number of hydrogen-bond acceptors (Lipinski definition) is 10. The Balaban J connectivity index is 0.908. The van der Waals surface area contributed by atoms with Crippen LogP contribution < -0.4 is 15.5 Å². The number of hydrogen-bond donors (Lipinski definition) is 1. The fraction of sp³-hybridized carbons (Fsp3) is 0.395. The first-order valence-corrected chi connectivity index (χ1v) is 17.6. The van der Waals surface area contributed by atoms with Crippen LogP contribution >= 0.6 is 0 Å². The van der Waals surface area contributed by atoms with Crippen LogP contribution in [0.5, 0.6) is 0 Å². The molecule has 5 aromatic rings. The highest BCUT2D eigenvalue weighted by Gasteiger charge is 2.26. The second-order valence-corrected chi connectivity index (χ2v) is 13.7. The minimum atomic E-state index is 0.114. The van der Waals surface area contributed by atoms with Gasteiger partial charge in [0.1, 0.15) is 0 Å². The molecular formula is C38H44N10O2. The highest BCUT2D eigenvalue weighted by molar-refractivity contribution is 5.94. The second-order valence-electron chi connectivity index (χ2n) is 13.7. The van der Waals surface area contributed by atoms with Crippen LogP contribution in [0.15, 0.2) is 67.3 Å². The summed E-state index contributed by atoms with van der Waals surface area (Å²) in [6.07, 6.45) is 9.55. The number of amides is 1. The lowest BCUT2D eigenvalue weighted by Crippen LogP contribution is -2.45. The zero-order valence-electron chi connectivity index (χ0n) is 28.8. The summed E-state index contributed by atoms with van der Waals surface area (Å²) in [5, 5.41) is 0. The van der Waals surface area contributed by atoms with E-state index in [1.165, 1.54) is 22.3 Å². The Kier molecular flexibility index (Phi) is 8.90. The Morgan fingerprint density at radius 3 is 2.28 bits per heavy atom. The molecule has 0 bridgehead atoms. The second kappa shape index (κ2) is 13.8. The van der Waals surface area contributed by atoms with Gasteiger partial charge in [0, 0.05) is 101 Å². The summed E-state index contributed by atoms with van der Waals surface area (Å²) in [7, 11) is 0. The first-order valence-electron chi connectivity index (χ1n) is 17.6. The molecule has 0 radical (unpaired) electrons. The van der Waals surface area contributed by atoms with Crippen molar-refractivity contribution in [2.75, 3.05) is 68.0 Å². The molecule has 0 aliphatic carbocycles. The molecule has 3 aliphatic heterocycles. The Hall–Kier alpha value is -4.91. The van der Waals surface area contributed by atoms with Crippen molar-refractivity contribution in [3.63, 3.8) is 0 Å². The van der Waals surface area contributed by atoms with E-state index in [-0.39, 0.29) is 17.9 Å².